The number of carbonyl (C=O) groups excluding carboxylic acids is 2. The van der Waals surface area contributed by atoms with Gasteiger partial charge in [-0.3, -0.25) is 4.79 Å². The van der Waals surface area contributed by atoms with Gasteiger partial charge in [0.1, 0.15) is 11.3 Å². The van der Waals surface area contributed by atoms with Crippen LogP contribution in [0.25, 0.3) is 0 Å². The Kier molecular flexibility index (Phi) is 5.93. The minimum absolute atomic E-state index is 0.00947. The summed E-state index contributed by atoms with van der Waals surface area (Å²) >= 11 is 0. The zero-order chi connectivity index (χ0) is 18.6. The maximum atomic E-state index is 12.4. The highest BCUT2D eigenvalue weighted by molar-refractivity contribution is 7.91. The summed E-state index contributed by atoms with van der Waals surface area (Å²) in [6.07, 6.45) is -0.935. The minimum Gasteiger partial charge on any atom is -0.449 e. The van der Waals surface area contributed by atoms with Crippen molar-refractivity contribution in [3.8, 4) is 5.75 Å². The number of carbonyl (C=O) groups is 2. The number of esters is 1. The molecule has 0 spiro atoms. The van der Waals surface area contributed by atoms with Crippen molar-refractivity contribution >= 4 is 21.7 Å². The van der Waals surface area contributed by atoms with Gasteiger partial charge in [0.15, 0.2) is 15.9 Å². The van der Waals surface area contributed by atoms with Gasteiger partial charge in [0.05, 0.1) is 11.5 Å². The van der Waals surface area contributed by atoms with Crippen molar-refractivity contribution in [1.82, 2.24) is 5.32 Å². The molecule has 0 radical (unpaired) electrons. The van der Waals surface area contributed by atoms with Crippen LogP contribution in [0, 0.1) is 0 Å². The third-order valence-corrected chi connectivity index (χ3v) is 5.32. The first kappa shape index (κ1) is 19.1. The van der Waals surface area contributed by atoms with Crippen LogP contribution in [0.3, 0.4) is 0 Å². The Balaban J connectivity index is 1.97. The van der Waals surface area contributed by atoms with Gasteiger partial charge in [0.2, 0.25) is 0 Å². The molecule has 0 saturated carbocycles. The van der Waals surface area contributed by atoms with Crippen LogP contribution in [0.4, 0.5) is 8.78 Å². The van der Waals surface area contributed by atoms with E-state index in [2.05, 4.69) is 10.1 Å². The molecular weight excluding hydrogens is 360 g/mol. The summed E-state index contributed by atoms with van der Waals surface area (Å²) in [6, 6.07) is 4.72. The second-order valence-corrected chi connectivity index (χ2v) is 7.76. The number of benzene rings is 1. The fourth-order valence-electron chi connectivity index (χ4n) is 2.34. The van der Waals surface area contributed by atoms with E-state index in [1.165, 1.54) is 31.2 Å². The fraction of sp³-hybridized carbons (Fsp3) is 0.467. The van der Waals surface area contributed by atoms with Gasteiger partial charge < -0.3 is 14.8 Å². The summed E-state index contributed by atoms with van der Waals surface area (Å²) in [6.45, 7) is -1.81. The highest BCUT2D eigenvalue weighted by atomic mass is 32.2. The molecule has 0 aliphatic carbocycles. The normalized spacial score (nSPS) is 20.1. The van der Waals surface area contributed by atoms with Gasteiger partial charge in [-0.05, 0) is 25.5 Å². The first-order valence-corrected chi connectivity index (χ1v) is 9.25. The average molecular weight is 377 g/mol. The van der Waals surface area contributed by atoms with Crippen molar-refractivity contribution in [2.45, 2.75) is 32.1 Å². The molecule has 10 heteroatoms. The monoisotopic (exact) mass is 377 g/mol. The van der Waals surface area contributed by atoms with Crippen LogP contribution in [0.2, 0.25) is 0 Å². The van der Waals surface area contributed by atoms with E-state index in [4.69, 9.17) is 4.74 Å². The highest BCUT2D eigenvalue weighted by Gasteiger charge is 2.31. The molecule has 1 aromatic rings. The molecule has 0 bridgehead atoms. The van der Waals surface area contributed by atoms with Crippen molar-refractivity contribution in [1.29, 1.82) is 0 Å². The summed E-state index contributed by atoms with van der Waals surface area (Å²) in [5.41, 5.74) is -0.245. The van der Waals surface area contributed by atoms with Crippen LogP contribution in [0.5, 0.6) is 5.75 Å². The third kappa shape index (κ3) is 5.38. The molecule has 0 aromatic heterocycles. The number of sulfone groups is 1. The van der Waals surface area contributed by atoms with E-state index < -0.39 is 40.5 Å². The molecule has 1 heterocycles. The molecule has 25 heavy (non-hydrogen) atoms. The summed E-state index contributed by atoms with van der Waals surface area (Å²) < 4.78 is 56.6. The van der Waals surface area contributed by atoms with Crippen LogP contribution in [0.15, 0.2) is 24.3 Å². The summed E-state index contributed by atoms with van der Waals surface area (Å²) in [7, 11) is -3.16. The van der Waals surface area contributed by atoms with E-state index in [-0.39, 0.29) is 22.8 Å². The molecule has 7 nitrogen and oxygen atoms in total. The molecule has 1 aromatic carbocycles. The van der Waals surface area contributed by atoms with E-state index in [0.29, 0.717) is 6.42 Å². The predicted octanol–water partition coefficient (Wildman–Crippen LogP) is 1.14. The minimum atomic E-state index is -3.16. The molecule has 1 fully saturated rings. The van der Waals surface area contributed by atoms with Crippen molar-refractivity contribution in [2.24, 2.45) is 0 Å². The van der Waals surface area contributed by atoms with Gasteiger partial charge in [0.25, 0.3) is 5.91 Å². The second-order valence-electron chi connectivity index (χ2n) is 5.53. The summed E-state index contributed by atoms with van der Waals surface area (Å²) in [5, 5.41) is 2.49. The molecule has 0 unspecified atom stereocenters. The lowest BCUT2D eigenvalue weighted by molar-refractivity contribution is -0.129. The standard InChI is InChI=1S/C15H17F2NO6S/c1-9(13(19)18-10-6-7-25(21,22)8-10)23-14(20)11-4-2-3-5-12(11)24-15(16)17/h2-5,9-10,15H,6-8H2,1H3,(H,18,19)/t9-,10-/m1/s1. The number of alkyl halides is 2. The second kappa shape index (κ2) is 7.77. The van der Waals surface area contributed by atoms with E-state index >= 15 is 0 Å². The number of para-hydroxylation sites is 1. The van der Waals surface area contributed by atoms with Crippen molar-refractivity contribution in [3.05, 3.63) is 29.8 Å². The predicted molar refractivity (Wildman–Crippen MR) is 83.2 cm³/mol. The van der Waals surface area contributed by atoms with Crippen LogP contribution < -0.4 is 10.1 Å². The molecule has 2 rings (SSSR count). The Morgan fingerprint density at radius 3 is 2.56 bits per heavy atom. The van der Waals surface area contributed by atoms with Crippen molar-refractivity contribution < 1.29 is 36.3 Å². The molecule has 1 aliphatic heterocycles. The molecule has 138 valence electrons. The van der Waals surface area contributed by atoms with E-state index in [1.807, 2.05) is 0 Å². The van der Waals surface area contributed by atoms with Gasteiger partial charge >= 0.3 is 12.6 Å². The number of rotatable bonds is 6. The quantitative estimate of drug-likeness (QED) is 0.747. The van der Waals surface area contributed by atoms with Crippen LogP contribution in [-0.2, 0) is 19.4 Å². The molecule has 1 aliphatic rings. The van der Waals surface area contributed by atoms with Crippen LogP contribution in [0.1, 0.15) is 23.7 Å². The highest BCUT2D eigenvalue weighted by Crippen LogP contribution is 2.21. The molecule has 1 amide bonds. The number of hydrogen-bond acceptors (Lipinski definition) is 6. The van der Waals surface area contributed by atoms with Crippen LogP contribution in [-0.4, -0.2) is 50.6 Å². The smallest absolute Gasteiger partial charge is 0.387 e. The number of ether oxygens (including phenoxy) is 2. The Hall–Kier alpha value is -2.23. The molecule has 1 N–H and O–H groups in total. The van der Waals surface area contributed by atoms with Crippen LogP contribution >= 0.6 is 0 Å². The summed E-state index contributed by atoms with van der Waals surface area (Å²) in [4.78, 5) is 24.1. The maximum absolute atomic E-state index is 12.4. The molecule has 1 saturated heterocycles. The zero-order valence-corrected chi connectivity index (χ0v) is 14.1. The van der Waals surface area contributed by atoms with Crippen molar-refractivity contribution in [3.63, 3.8) is 0 Å². The number of amides is 1. The summed E-state index contributed by atoms with van der Waals surface area (Å²) in [5.74, 6) is -2.20. The van der Waals surface area contributed by atoms with Gasteiger partial charge in [-0.15, -0.1) is 0 Å². The molecule has 2 atom stereocenters. The van der Waals surface area contributed by atoms with Gasteiger partial charge in [-0.2, -0.15) is 8.78 Å². The SMILES string of the molecule is C[C@@H](OC(=O)c1ccccc1OC(F)F)C(=O)N[C@@H]1CCS(=O)(=O)C1. The average Bonchev–Trinajstić information content (AvgIpc) is 2.85. The third-order valence-electron chi connectivity index (χ3n) is 3.55. The zero-order valence-electron chi connectivity index (χ0n) is 13.3. The Labute approximate surface area is 143 Å². The Morgan fingerprint density at radius 1 is 1.28 bits per heavy atom. The first-order valence-electron chi connectivity index (χ1n) is 7.43. The lowest BCUT2D eigenvalue weighted by atomic mass is 10.2. The Bertz CT molecular complexity index is 752. The fourth-order valence-corrected chi connectivity index (χ4v) is 4.01. The van der Waals surface area contributed by atoms with Gasteiger partial charge in [-0.1, -0.05) is 12.1 Å². The lowest BCUT2D eigenvalue weighted by Crippen LogP contribution is -2.42. The number of hydrogen-bond donors (Lipinski definition) is 1. The Morgan fingerprint density at radius 2 is 1.96 bits per heavy atom. The van der Waals surface area contributed by atoms with Gasteiger partial charge in [-0.25, -0.2) is 13.2 Å². The lowest BCUT2D eigenvalue weighted by Gasteiger charge is -2.17. The van der Waals surface area contributed by atoms with E-state index in [1.54, 1.807) is 0 Å². The first-order chi connectivity index (χ1) is 11.7. The van der Waals surface area contributed by atoms with Crippen molar-refractivity contribution in [2.75, 3.05) is 11.5 Å². The van der Waals surface area contributed by atoms with E-state index in [9.17, 15) is 26.8 Å². The topological polar surface area (TPSA) is 98.8 Å². The maximum Gasteiger partial charge on any atom is 0.387 e. The number of nitrogens with one attached hydrogen (secondary N) is 1. The van der Waals surface area contributed by atoms with E-state index in [0.717, 1.165) is 0 Å². The van der Waals surface area contributed by atoms with Gasteiger partial charge in [0, 0.05) is 6.04 Å². The molecular formula is C15H17F2NO6S. The largest absolute Gasteiger partial charge is 0.449 e. The number of halogens is 2.